The van der Waals surface area contributed by atoms with Gasteiger partial charge in [-0.25, -0.2) is 24.5 Å². The van der Waals surface area contributed by atoms with E-state index < -0.39 is 11.9 Å². The molecule has 10 aromatic carbocycles. The molecule has 11 nitrogen and oxygen atoms in total. The smallest absolute Gasteiger partial charge is 0.338 e. The maximum Gasteiger partial charge on any atom is 0.338 e. The zero-order valence-corrected chi connectivity index (χ0v) is 42.7. The molecule has 0 saturated heterocycles. The van der Waals surface area contributed by atoms with Gasteiger partial charge in [0.1, 0.15) is 13.2 Å². The summed E-state index contributed by atoms with van der Waals surface area (Å²) in [5.74, 6) is 0.180. The van der Waals surface area contributed by atoms with Crippen molar-refractivity contribution in [3.63, 3.8) is 0 Å². The molecule has 13 rings (SSSR count). The molecule has 3 aromatic heterocycles. The average molecular weight is 1030 g/mol. The lowest BCUT2D eigenvalue weighted by Gasteiger charge is -2.18. The van der Waals surface area contributed by atoms with Crippen LogP contribution in [0.2, 0.25) is 0 Å². The van der Waals surface area contributed by atoms with Crippen molar-refractivity contribution in [3.8, 4) is 68.8 Å². The number of nitriles is 2. The van der Waals surface area contributed by atoms with E-state index in [1.54, 1.807) is 30.3 Å². The van der Waals surface area contributed by atoms with Crippen LogP contribution in [-0.4, -0.2) is 36.0 Å². The number of hydrogen-bond donors (Lipinski definition) is 0. The highest BCUT2D eigenvalue weighted by molar-refractivity contribution is 6.13. The molecule has 80 heavy (non-hydrogen) atoms. The minimum atomic E-state index is -0.441. The Kier molecular flexibility index (Phi) is 12.5. The number of benzene rings is 10. The summed E-state index contributed by atoms with van der Waals surface area (Å²) in [7, 11) is 0. The number of ether oxygens (including phenoxy) is 2. The Morgan fingerprint density at radius 2 is 0.850 bits per heavy atom. The van der Waals surface area contributed by atoms with Crippen molar-refractivity contribution in [3.05, 3.63) is 270 Å². The van der Waals surface area contributed by atoms with E-state index in [0.717, 1.165) is 77.1 Å². The monoisotopic (exact) mass is 1030 g/mol. The molecule has 13 aromatic rings. The Morgan fingerprint density at radius 3 is 1.44 bits per heavy atom. The molecule has 0 radical (unpaired) electrons. The second-order valence-electron chi connectivity index (χ2n) is 19.2. The van der Waals surface area contributed by atoms with E-state index >= 15 is 0 Å². The molecule has 0 unspecified atom stereocenters. The Hall–Kier alpha value is -11.3. The van der Waals surface area contributed by atoms with E-state index in [-0.39, 0.29) is 13.2 Å². The molecule has 0 aliphatic carbocycles. The van der Waals surface area contributed by atoms with Crippen LogP contribution in [0.25, 0.3) is 100 Å². The standard InChI is InChI=1S/C69H43N7O4/c70-40-46-19-14-22-49(35-46)50-28-31-55(64(39-50)76-60-26-13-11-24-54(60)57-38-52(30-34-62(57)76)69(78)80-43-45-17-6-2-7-18-45)66-72-65(48-20-8-3-9-21-48)73-67(74-66)58-36-47(41-71)27-32-63(58)75-59-25-12-10-23-53(59)56-37-51(29-33-61(56)75)68(77)79-42-44-15-4-1-5-16-44/h1-39H,42-43H2. The zero-order valence-electron chi connectivity index (χ0n) is 42.7. The minimum Gasteiger partial charge on any atom is -0.457 e. The maximum absolute atomic E-state index is 13.7. The molecule has 378 valence electrons. The lowest BCUT2D eigenvalue weighted by atomic mass is 10.00. The van der Waals surface area contributed by atoms with Crippen molar-refractivity contribution in [2.24, 2.45) is 0 Å². The number of para-hydroxylation sites is 2. The summed E-state index contributed by atoms with van der Waals surface area (Å²) in [6.45, 7) is 0.277. The zero-order chi connectivity index (χ0) is 54.1. The number of aromatic nitrogens is 5. The quantitative estimate of drug-likeness (QED) is 0.109. The maximum atomic E-state index is 13.7. The van der Waals surface area contributed by atoms with E-state index in [1.807, 2.05) is 200 Å². The van der Waals surface area contributed by atoms with Crippen LogP contribution >= 0.6 is 0 Å². The van der Waals surface area contributed by atoms with Gasteiger partial charge in [0, 0.05) is 38.2 Å². The fraction of sp³-hybridized carbons (Fsp3) is 0.0290. The number of hydrogen-bond acceptors (Lipinski definition) is 9. The average Bonchev–Trinajstić information content (AvgIpc) is 4.19. The molecule has 0 fully saturated rings. The van der Waals surface area contributed by atoms with Crippen LogP contribution in [0.3, 0.4) is 0 Å². The van der Waals surface area contributed by atoms with Crippen LogP contribution in [0.5, 0.6) is 0 Å². The second-order valence-corrected chi connectivity index (χ2v) is 19.2. The fourth-order valence-electron chi connectivity index (χ4n) is 10.5. The van der Waals surface area contributed by atoms with Gasteiger partial charge in [-0.05, 0) is 113 Å². The van der Waals surface area contributed by atoms with E-state index in [9.17, 15) is 20.1 Å². The summed E-state index contributed by atoms with van der Waals surface area (Å²) in [4.78, 5) is 43.3. The van der Waals surface area contributed by atoms with Gasteiger partial charge in [-0.15, -0.1) is 0 Å². The minimum absolute atomic E-state index is 0.136. The van der Waals surface area contributed by atoms with Gasteiger partial charge in [-0.1, -0.05) is 146 Å². The van der Waals surface area contributed by atoms with Gasteiger partial charge in [0.15, 0.2) is 17.5 Å². The largest absolute Gasteiger partial charge is 0.457 e. The summed E-state index contributed by atoms with van der Waals surface area (Å²) < 4.78 is 15.9. The van der Waals surface area contributed by atoms with E-state index in [2.05, 4.69) is 27.3 Å². The highest BCUT2D eigenvalue weighted by atomic mass is 16.5. The highest BCUT2D eigenvalue weighted by Gasteiger charge is 2.25. The van der Waals surface area contributed by atoms with Gasteiger partial charge in [-0.3, -0.25) is 0 Å². The normalized spacial score (nSPS) is 11.2. The third-order valence-electron chi connectivity index (χ3n) is 14.3. The van der Waals surface area contributed by atoms with Crippen molar-refractivity contribution >= 4 is 55.6 Å². The van der Waals surface area contributed by atoms with Crippen molar-refractivity contribution < 1.29 is 19.1 Å². The predicted octanol–water partition coefficient (Wildman–Crippen LogP) is 15.2. The topological polar surface area (TPSA) is 149 Å². The molecule has 0 amide bonds. The third-order valence-corrected chi connectivity index (χ3v) is 14.3. The van der Waals surface area contributed by atoms with Crippen molar-refractivity contribution in [2.45, 2.75) is 13.2 Å². The molecule has 0 atom stereocenters. The van der Waals surface area contributed by atoms with Gasteiger partial charge < -0.3 is 18.6 Å². The summed E-state index contributed by atoms with van der Waals surface area (Å²) in [5.41, 5.74) is 11.9. The number of carbonyl (C=O) groups is 2. The van der Waals surface area contributed by atoms with E-state index in [1.165, 1.54) is 0 Å². The molecular weight excluding hydrogens is 991 g/mol. The SMILES string of the molecule is N#Cc1cccc(-c2ccc(-c3nc(-c4ccccc4)nc(-c4cc(C#N)ccc4-n4c5ccccc5c5cc(C(=O)OCc6ccccc6)ccc54)n3)c(-n3c4ccccc4c4cc(C(=O)OCc5ccccc5)ccc43)c2)c1. The number of nitrogens with zero attached hydrogens (tertiary/aromatic N) is 7. The Bertz CT molecular complexity index is 4670. The fourth-order valence-corrected chi connectivity index (χ4v) is 10.5. The van der Waals surface area contributed by atoms with Gasteiger partial charge in [0.2, 0.25) is 0 Å². The van der Waals surface area contributed by atoms with Crippen molar-refractivity contribution in [1.82, 2.24) is 24.1 Å². The second kappa shape index (κ2) is 20.7. The van der Waals surface area contributed by atoms with Crippen LogP contribution in [0.1, 0.15) is 43.0 Å². The van der Waals surface area contributed by atoms with Gasteiger partial charge in [0.05, 0.1) is 67.8 Å². The lowest BCUT2D eigenvalue weighted by Crippen LogP contribution is -2.06. The Labute approximate surface area is 459 Å². The molecule has 0 bridgehead atoms. The van der Waals surface area contributed by atoms with Crippen LogP contribution < -0.4 is 0 Å². The van der Waals surface area contributed by atoms with Crippen molar-refractivity contribution in [2.75, 3.05) is 0 Å². The summed E-state index contributed by atoms with van der Waals surface area (Å²) in [6, 6.07) is 79.8. The van der Waals surface area contributed by atoms with Crippen LogP contribution in [0.4, 0.5) is 0 Å². The Balaban J connectivity index is 1.01. The number of carbonyl (C=O) groups excluding carboxylic acids is 2. The molecule has 0 N–H and O–H groups in total. The number of fused-ring (bicyclic) bond motifs is 6. The summed E-state index contributed by atoms with van der Waals surface area (Å²) >= 11 is 0. The Morgan fingerprint density at radius 1 is 0.375 bits per heavy atom. The van der Waals surface area contributed by atoms with Gasteiger partial charge in [0.25, 0.3) is 0 Å². The molecule has 3 heterocycles. The first-order valence-electron chi connectivity index (χ1n) is 25.9. The highest BCUT2D eigenvalue weighted by Crippen LogP contribution is 2.41. The first kappa shape index (κ1) is 48.4. The summed E-state index contributed by atoms with van der Waals surface area (Å²) in [6.07, 6.45) is 0. The third kappa shape index (κ3) is 9.03. The van der Waals surface area contributed by atoms with Crippen LogP contribution in [0, 0.1) is 22.7 Å². The molecule has 11 heteroatoms. The lowest BCUT2D eigenvalue weighted by molar-refractivity contribution is 0.0464. The molecule has 0 spiro atoms. The van der Waals surface area contributed by atoms with E-state index in [4.69, 9.17) is 24.4 Å². The number of rotatable bonds is 12. The number of esters is 2. The molecule has 0 aliphatic rings. The van der Waals surface area contributed by atoms with Crippen LogP contribution in [-0.2, 0) is 22.7 Å². The molecular formula is C69H43N7O4. The summed E-state index contributed by atoms with van der Waals surface area (Å²) in [5, 5.41) is 24.0. The molecule has 0 aliphatic heterocycles. The van der Waals surface area contributed by atoms with Gasteiger partial charge in [-0.2, -0.15) is 10.5 Å². The first-order valence-corrected chi connectivity index (χ1v) is 25.9. The predicted molar refractivity (Wildman–Crippen MR) is 311 cm³/mol. The first-order chi connectivity index (χ1) is 39.4. The van der Waals surface area contributed by atoms with Crippen LogP contribution in [0.15, 0.2) is 237 Å². The van der Waals surface area contributed by atoms with E-state index in [0.29, 0.717) is 56.5 Å². The van der Waals surface area contributed by atoms with Crippen molar-refractivity contribution in [1.29, 1.82) is 10.5 Å². The molecule has 0 saturated carbocycles. The van der Waals surface area contributed by atoms with Gasteiger partial charge >= 0.3 is 11.9 Å².